The smallest absolute Gasteiger partial charge is 0.350 e. The number of fused-ring (bicyclic) bond motifs is 1. The summed E-state index contributed by atoms with van der Waals surface area (Å²) in [6.07, 6.45) is -1.01. The molecule has 0 saturated heterocycles. The minimum Gasteiger partial charge on any atom is -0.350 e. The van der Waals surface area contributed by atoms with Crippen molar-refractivity contribution in [3.8, 4) is 11.3 Å². The van der Waals surface area contributed by atoms with Gasteiger partial charge in [0.15, 0.2) is 17.0 Å². The van der Waals surface area contributed by atoms with Crippen molar-refractivity contribution in [3.63, 3.8) is 0 Å². The zero-order chi connectivity index (χ0) is 22.9. The number of hydrogen-bond donors (Lipinski definition) is 2. The predicted molar refractivity (Wildman–Crippen MR) is 112 cm³/mol. The maximum absolute atomic E-state index is 13.8. The minimum absolute atomic E-state index is 0.0542. The third-order valence-electron chi connectivity index (χ3n) is 5.06. The number of benzene rings is 1. The molecule has 0 atom stereocenters. The van der Waals surface area contributed by atoms with Gasteiger partial charge in [0.1, 0.15) is 0 Å². The van der Waals surface area contributed by atoms with Gasteiger partial charge >= 0.3 is 6.18 Å². The number of aromatic amines is 1. The van der Waals surface area contributed by atoms with Crippen LogP contribution in [-0.2, 0) is 12.6 Å². The summed E-state index contributed by atoms with van der Waals surface area (Å²) in [6, 6.07) is 9.43. The zero-order valence-corrected chi connectivity index (χ0v) is 17.4. The van der Waals surface area contributed by atoms with Gasteiger partial charge in [-0.15, -0.1) is 0 Å². The fourth-order valence-electron chi connectivity index (χ4n) is 3.30. The molecule has 0 spiro atoms. The Labute approximate surface area is 181 Å². The Morgan fingerprint density at radius 2 is 1.94 bits per heavy atom. The molecule has 3 aromatic heterocycles. The zero-order valence-electron chi connectivity index (χ0n) is 17.4. The highest BCUT2D eigenvalue weighted by molar-refractivity contribution is 5.93. The Morgan fingerprint density at radius 1 is 1.19 bits per heavy atom. The lowest BCUT2D eigenvalue weighted by Crippen LogP contribution is -2.26. The van der Waals surface area contributed by atoms with E-state index in [4.69, 9.17) is 0 Å². The molecule has 7 nitrogen and oxygen atoms in total. The first-order chi connectivity index (χ1) is 15.2. The van der Waals surface area contributed by atoms with Gasteiger partial charge < -0.3 is 10.3 Å². The third-order valence-corrected chi connectivity index (χ3v) is 5.06. The molecule has 0 saturated carbocycles. The number of alkyl halides is 3. The molecular formula is C22H21F3N6O. The number of halogens is 3. The average Bonchev–Trinajstić information content (AvgIpc) is 3.42. The number of amides is 1. The molecule has 3 heterocycles. The minimum atomic E-state index is -4.67. The van der Waals surface area contributed by atoms with Gasteiger partial charge in [0.2, 0.25) is 0 Å². The topological polar surface area (TPSA) is 88.0 Å². The summed E-state index contributed by atoms with van der Waals surface area (Å²) in [5, 5.41) is 6.52. The van der Waals surface area contributed by atoms with Crippen LogP contribution in [0.5, 0.6) is 0 Å². The molecule has 0 fully saturated rings. The molecular weight excluding hydrogens is 421 g/mol. The number of rotatable bonds is 6. The Kier molecular flexibility index (Phi) is 5.68. The van der Waals surface area contributed by atoms with Gasteiger partial charge in [-0.3, -0.25) is 4.79 Å². The lowest BCUT2D eigenvalue weighted by atomic mass is 10.0. The fraction of sp³-hybridized carbons (Fsp3) is 0.273. The lowest BCUT2D eigenvalue weighted by molar-refractivity contribution is -0.142. The van der Waals surface area contributed by atoms with Crippen molar-refractivity contribution in [3.05, 3.63) is 71.6 Å². The highest BCUT2D eigenvalue weighted by Crippen LogP contribution is 2.32. The Hall–Kier alpha value is -3.69. The summed E-state index contributed by atoms with van der Waals surface area (Å²) in [6.45, 7) is 4.35. The van der Waals surface area contributed by atoms with Crippen LogP contribution < -0.4 is 5.32 Å². The SMILES string of the molecule is CC(C)c1ccc(-c2cc(C(F)(F)F)n3nc(C(=O)NCCc4cnc[nH]4)cc3n2)cc1. The van der Waals surface area contributed by atoms with Crippen LogP contribution >= 0.6 is 0 Å². The molecule has 0 aliphatic heterocycles. The summed E-state index contributed by atoms with van der Waals surface area (Å²) in [5.74, 6) is -0.277. The van der Waals surface area contributed by atoms with E-state index in [2.05, 4.69) is 25.4 Å². The molecule has 0 radical (unpaired) electrons. The molecule has 1 amide bonds. The fourth-order valence-corrected chi connectivity index (χ4v) is 3.30. The van der Waals surface area contributed by atoms with Crippen molar-refractivity contribution in [2.75, 3.05) is 6.54 Å². The van der Waals surface area contributed by atoms with Crippen molar-refractivity contribution in [1.29, 1.82) is 0 Å². The number of imidazole rings is 1. The summed E-state index contributed by atoms with van der Waals surface area (Å²) in [5.41, 5.74) is 1.42. The molecule has 32 heavy (non-hydrogen) atoms. The summed E-state index contributed by atoms with van der Waals surface area (Å²) in [7, 11) is 0. The van der Waals surface area contributed by atoms with Gasteiger partial charge in [-0.05, 0) is 17.5 Å². The maximum Gasteiger partial charge on any atom is 0.433 e. The number of nitrogens with one attached hydrogen (secondary N) is 2. The van der Waals surface area contributed by atoms with Gasteiger partial charge in [-0.2, -0.15) is 18.3 Å². The first-order valence-corrected chi connectivity index (χ1v) is 10.1. The van der Waals surface area contributed by atoms with E-state index in [1.54, 1.807) is 18.3 Å². The molecule has 4 aromatic rings. The van der Waals surface area contributed by atoms with Crippen LogP contribution in [0.15, 0.2) is 48.9 Å². The second-order valence-corrected chi connectivity index (χ2v) is 7.68. The van der Waals surface area contributed by atoms with Crippen LogP contribution in [0.25, 0.3) is 16.9 Å². The molecule has 4 rings (SSSR count). The quantitative estimate of drug-likeness (QED) is 0.468. The van der Waals surface area contributed by atoms with E-state index in [0.717, 1.165) is 17.3 Å². The molecule has 0 unspecified atom stereocenters. The van der Waals surface area contributed by atoms with E-state index in [9.17, 15) is 18.0 Å². The normalized spacial score (nSPS) is 11.9. The second-order valence-electron chi connectivity index (χ2n) is 7.68. The standard InChI is InChI=1S/C22H21F3N6O/c1-13(2)14-3-5-15(6-4-14)17-9-19(22(23,24)25)31-20(29-17)10-18(30-31)21(32)27-8-7-16-11-26-12-28-16/h3-6,9-13H,7-8H2,1-2H3,(H,26,28)(H,27,32). The van der Waals surface area contributed by atoms with Crippen LogP contribution in [0.3, 0.4) is 0 Å². The molecule has 0 aliphatic rings. The molecule has 1 aromatic carbocycles. The predicted octanol–water partition coefficient (Wildman–Crippen LogP) is 4.23. The van der Waals surface area contributed by atoms with E-state index in [1.807, 2.05) is 26.0 Å². The van der Waals surface area contributed by atoms with Crippen LogP contribution in [-0.4, -0.2) is 37.0 Å². The summed E-state index contributed by atoms with van der Waals surface area (Å²) >= 11 is 0. The van der Waals surface area contributed by atoms with E-state index in [0.29, 0.717) is 22.4 Å². The highest BCUT2D eigenvalue weighted by Gasteiger charge is 2.35. The second kappa shape index (κ2) is 8.45. The molecule has 0 bridgehead atoms. The highest BCUT2D eigenvalue weighted by atomic mass is 19.4. The van der Waals surface area contributed by atoms with Gasteiger partial charge in [0, 0.05) is 36.5 Å². The van der Waals surface area contributed by atoms with Crippen molar-refractivity contribution < 1.29 is 18.0 Å². The number of carbonyl (C=O) groups excluding carboxylic acids is 1. The van der Waals surface area contributed by atoms with Crippen LogP contribution in [0, 0.1) is 0 Å². The van der Waals surface area contributed by atoms with E-state index in [1.165, 1.54) is 12.4 Å². The lowest BCUT2D eigenvalue weighted by Gasteiger charge is -2.11. The van der Waals surface area contributed by atoms with Crippen LogP contribution in [0.2, 0.25) is 0 Å². The average molecular weight is 442 g/mol. The summed E-state index contributed by atoms with van der Waals surface area (Å²) in [4.78, 5) is 23.6. The van der Waals surface area contributed by atoms with Gasteiger partial charge in [-0.1, -0.05) is 38.1 Å². The van der Waals surface area contributed by atoms with Gasteiger partial charge in [0.05, 0.1) is 12.0 Å². The van der Waals surface area contributed by atoms with Crippen molar-refractivity contribution in [1.82, 2.24) is 29.9 Å². The number of aromatic nitrogens is 5. The Balaban J connectivity index is 1.65. The van der Waals surface area contributed by atoms with E-state index < -0.39 is 17.8 Å². The first kappa shape index (κ1) is 21.5. The monoisotopic (exact) mass is 442 g/mol. The van der Waals surface area contributed by atoms with Gasteiger partial charge in [-0.25, -0.2) is 14.5 Å². The van der Waals surface area contributed by atoms with Crippen molar-refractivity contribution >= 4 is 11.6 Å². The van der Waals surface area contributed by atoms with E-state index in [-0.39, 0.29) is 23.6 Å². The third kappa shape index (κ3) is 4.48. The largest absolute Gasteiger partial charge is 0.433 e. The number of nitrogens with zero attached hydrogens (tertiary/aromatic N) is 4. The number of carbonyl (C=O) groups is 1. The van der Waals surface area contributed by atoms with Crippen molar-refractivity contribution in [2.45, 2.75) is 32.4 Å². The molecule has 10 heteroatoms. The van der Waals surface area contributed by atoms with Crippen LogP contribution in [0.1, 0.15) is 47.2 Å². The van der Waals surface area contributed by atoms with Gasteiger partial charge in [0.25, 0.3) is 5.91 Å². The molecule has 0 aliphatic carbocycles. The van der Waals surface area contributed by atoms with Crippen LogP contribution in [0.4, 0.5) is 13.2 Å². The Morgan fingerprint density at radius 3 is 2.56 bits per heavy atom. The van der Waals surface area contributed by atoms with E-state index >= 15 is 0 Å². The molecule has 166 valence electrons. The molecule has 2 N–H and O–H groups in total. The first-order valence-electron chi connectivity index (χ1n) is 10.1. The van der Waals surface area contributed by atoms with Crippen molar-refractivity contribution in [2.24, 2.45) is 0 Å². The Bertz CT molecular complexity index is 1230. The summed E-state index contributed by atoms with van der Waals surface area (Å²) < 4.78 is 41.9. The maximum atomic E-state index is 13.8. The number of H-pyrrole nitrogens is 1. The number of hydrogen-bond acceptors (Lipinski definition) is 4.